The van der Waals surface area contributed by atoms with Crippen molar-refractivity contribution in [1.29, 1.82) is 0 Å². The first-order valence-corrected chi connectivity index (χ1v) is 10.5. The Morgan fingerprint density at radius 1 is 1.00 bits per heavy atom. The highest BCUT2D eigenvalue weighted by molar-refractivity contribution is 6.45. The van der Waals surface area contributed by atoms with Crippen LogP contribution < -0.4 is 4.90 Å². The van der Waals surface area contributed by atoms with E-state index in [1.54, 1.807) is 23.4 Å². The third kappa shape index (κ3) is 3.73. The third-order valence-electron chi connectivity index (χ3n) is 6.24. The first-order valence-electron chi connectivity index (χ1n) is 10.5. The van der Waals surface area contributed by atoms with Crippen molar-refractivity contribution in [3.63, 3.8) is 0 Å². The van der Waals surface area contributed by atoms with Gasteiger partial charge < -0.3 is 9.80 Å². The lowest BCUT2D eigenvalue weighted by atomic mass is 9.85. The van der Waals surface area contributed by atoms with Crippen LogP contribution in [0.1, 0.15) is 32.6 Å². The molecule has 2 atom stereocenters. The summed E-state index contributed by atoms with van der Waals surface area (Å²) in [5.74, 6) is -1.28. The molecule has 1 saturated carbocycles. The molecule has 3 aliphatic rings. The van der Waals surface area contributed by atoms with Gasteiger partial charge in [-0.1, -0.05) is 19.8 Å². The summed E-state index contributed by atoms with van der Waals surface area (Å²) in [7, 11) is 0. The summed E-state index contributed by atoms with van der Waals surface area (Å²) < 4.78 is 0. The maximum absolute atomic E-state index is 12.8. The Hall–Kier alpha value is -3.04. The fourth-order valence-corrected chi connectivity index (χ4v) is 4.48. The van der Waals surface area contributed by atoms with Gasteiger partial charge in [-0.05, 0) is 24.8 Å². The van der Waals surface area contributed by atoms with Crippen molar-refractivity contribution >= 4 is 29.7 Å². The summed E-state index contributed by atoms with van der Waals surface area (Å²) in [6.07, 6.45) is 6.95. The molecule has 2 saturated heterocycles. The van der Waals surface area contributed by atoms with Gasteiger partial charge in [0.15, 0.2) is 0 Å². The summed E-state index contributed by atoms with van der Waals surface area (Å²) in [5.41, 5.74) is 0. The van der Waals surface area contributed by atoms with Gasteiger partial charge >= 0.3 is 17.8 Å². The number of amides is 5. The number of urea groups is 1. The molecule has 3 heterocycles. The lowest BCUT2D eigenvalue weighted by Gasteiger charge is -2.35. The van der Waals surface area contributed by atoms with E-state index >= 15 is 0 Å². The SMILES string of the molecule is C[C@@H]1CCCC[C@@H]1N1C(=O)C(=O)N(CC(=O)N2CCN(c3ncccn3)CC2)C1=O. The quantitative estimate of drug-likeness (QED) is 0.521. The topological polar surface area (TPSA) is 107 Å². The Morgan fingerprint density at radius 2 is 1.67 bits per heavy atom. The number of anilines is 1. The van der Waals surface area contributed by atoms with Crippen LogP contribution >= 0.6 is 0 Å². The maximum Gasteiger partial charge on any atom is 0.334 e. The number of hydrogen-bond acceptors (Lipinski definition) is 7. The first kappa shape index (κ1) is 20.2. The van der Waals surface area contributed by atoms with Crippen molar-refractivity contribution in [2.45, 2.75) is 38.6 Å². The highest BCUT2D eigenvalue weighted by Gasteiger charge is 2.49. The smallest absolute Gasteiger partial charge is 0.334 e. The number of carbonyl (C=O) groups excluding carboxylic acids is 4. The summed E-state index contributed by atoms with van der Waals surface area (Å²) in [5, 5.41) is 0. The van der Waals surface area contributed by atoms with Crippen LogP contribution in [0.15, 0.2) is 18.5 Å². The molecule has 5 amide bonds. The fraction of sp³-hybridized carbons (Fsp3) is 0.600. The molecule has 10 nitrogen and oxygen atoms in total. The average Bonchev–Trinajstić information content (AvgIpc) is 2.98. The van der Waals surface area contributed by atoms with Crippen LogP contribution in [0.2, 0.25) is 0 Å². The van der Waals surface area contributed by atoms with Gasteiger partial charge in [0.25, 0.3) is 0 Å². The van der Waals surface area contributed by atoms with E-state index in [9.17, 15) is 19.2 Å². The minimum atomic E-state index is -0.901. The van der Waals surface area contributed by atoms with E-state index in [0.29, 0.717) is 38.5 Å². The highest BCUT2D eigenvalue weighted by atomic mass is 16.2. The van der Waals surface area contributed by atoms with Crippen LogP contribution in [0, 0.1) is 5.92 Å². The van der Waals surface area contributed by atoms with Crippen molar-refractivity contribution < 1.29 is 19.2 Å². The molecule has 1 aromatic rings. The molecule has 0 spiro atoms. The minimum Gasteiger partial charge on any atom is -0.338 e. The zero-order valence-corrected chi connectivity index (χ0v) is 17.1. The molecule has 0 radical (unpaired) electrons. The monoisotopic (exact) mass is 414 g/mol. The molecule has 0 aromatic carbocycles. The summed E-state index contributed by atoms with van der Waals surface area (Å²) in [6.45, 7) is 3.58. The zero-order valence-electron chi connectivity index (χ0n) is 17.1. The molecule has 1 aromatic heterocycles. The van der Waals surface area contributed by atoms with Crippen LogP contribution in [0.3, 0.4) is 0 Å². The van der Waals surface area contributed by atoms with Gasteiger partial charge in [0.05, 0.1) is 0 Å². The lowest BCUT2D eigenvalue weighted by Crippen LogP contribution is -2.52. The average molecular weight is 414 g/mol. The van der Waals surface area contributed by atoms with Gasteiger partial charge in [0.2, 0.25) is 11.9 Å². The fourth-order valence-electron chi connectivity index (χ4n) is 4.48. The van der Waals surface area contributed by atoms with E-state index in [1.807, 2.05) is 11.8 Å². The largest absolute Gasteiger partial charge is 0.338 e. The Kier molecular flexibility index (Phi) is 5.65. The van der Waals surface area contributed by atoms with E-state index in [4.69, 9.17) is 0 Å². The lowest BCUT2D eigenvalue weighted by molar-refractivity contribution is -0.146. The highest BCUT2D eigenvalue weighted by Crippen LogP contribution is 2.31. The molecule has 30 heavy (non-hydrogen) atoms. The van der Waals surface area contributed by atoms with Crippen LogP contribution in [-0.2, 0) is 14.4 Å². The molecule has 1 aliphatic carbocycles. The summed E-state index contributed by atoms with van der Waals surface area (Å²) >= 11 is 0. The van der Waals surface area contributed by atoms with Gasteiger partial charge in [0.1, 0.15) is 6.54 Å². The van der Waals surface area contributed by atoms with Crippen LogP contribution in [0.4, 0.5) is 10.7 Å². The summed E-state index contributed by atoms with van der Waals surface area (Å²) in [4.78, 5) is 64.4. The number of nitrogens with zero attached hydrogens (tertiary/aromatic N) is 6. The van der Waals surface area contributed by atoms with Gasteiger partial charge in [-0.15, -0.1) is 0 Å². The molecular formula is C20H26N6O4. The van der Waals surface area contributed by atoms with Crippen molar-refractivity contribution in [1.82, 2.24) is 24.7 Å². The second-order valence-electron chi connectivity index (χ2n) is 8.09. The van der Waals surface area contributed by atoms with Crippen molar-refractivity contribution in [2.75, 3.05) is 37.6 Å². The van der Waals surface area contributed by atoms with Crippen molar-refractivity contribution in [3.8, 4) is 0 Å². The van der Waals surface area contributed by atoms with Crippen molar-refractivity contribution in [2.24, 2.45) is 5.92 Å². The minimum absolute atomic E-state index is 0.156. The standard InChI is InChI=1S/C20H26N6O4/c1-14-5-2-3-6-15(14)26-18(29)17(28)25(20(26)30)13-16(27)23-9-11-24(12-10-23)19-21-7-4-8-22-19/h4,7-8,14-15H,2-3,5-6,9-13H2,1H3/t14-,15+/m1/s1. The molecule has 10 heteroatoms. The van der Waals surface area contributed by atoms with Crippen LogP contribution in [-0.4, -0.2) is 87.2 Å². The third-order valence-corrected chi connectivity index (χ3v) is 6.24. The number of hydrogen-bond donors (Lipinski definition) is 0. The number of aromatic nitrogens is 2. The van der Waals surface area contributed by atoms with Gasteiger partial charge in [-0.2, -0.15) is 0 Å². The van der Waals surface area contributed by atoms with Gasteiger partial charge in [0, 0.05) is 44.6 Å². The first-order chi connectivity index (χ1) is 14.5. The predicted molar refractivity (Wildman–Crippen MR) is 106 cm³/mol. The molecule has 2 aliphatic heterocycles. The van der Waals surface area contributed by atoms with E-state index in [-0.39, 0.29) is 17.9 Å². The maximum atomic E-state index is 12.8. The molecule has 4 rings (SSSR count). The van der Waals surface area contributed by atoms with E-state index in [0.717, 1.165) is 29.1 Å². The number of piperazine rings is 1. The zero-order chi connectivity index (χ0) is 21.3. The Balaban J connectivity index is 1.37. The molecule has 3 fully saturated rings. The Labute approximate surface area is 174 Å². The Morgan fingerprint density at radius 3 is 2.33 bits per heavy atom. The number of carbonyl (C=O) groups is 4. The van der Waals surface area contributed by atoms with E-state index < -0.39 is 24.4 Å². The van der Waals surface area contributed by atoms with Crippen molar-refractivity contribution in [3.05, 3.63) is 18.5 Å². The molecule has 160 valence electrons. The number of rotatable bonds is 4. The second kappa shape index (κ2) is 8.37. The second-order valence-corrected chi connectivity index (χ2v) is 8.09. The van der Waals surface area contributed by atoms with Gasteiger partial charge in [-0.3, -0.25) is 19.3 Å². The molecule has 0 bridgehead atoms. The summed E-state index contributed by atoms with van der Waals surface area (Å²) in [6, 6.07) is 0.817. The molecule has 0 N–H and O–H groups in total. The van der Waals surface area contributed by atoms with E-state index in [1.165, 1.54) is 0 Å². The van der Waals surface area contributed by atoms with Crippen LogP contribution in [0.5, 0.6) is 0 Å². The van der Waals surface area contributed by atoms with E-state index in [2.05, 4.69) is 9.97 Å². The van der Waals surface area contributed by atoms with Crippen LogP contribution in [0.25, 0.3) is 0 Å². The predicted octanol–water partition coefficient (Wildman–Crippen LogP) is 0.495. The Bertz CT molecular complexity index is 839. The van der Waals surface area contributed by atoms with Gasteiger partial charge in [-0.25, -0.2) is 19.7 Å². The normalized spacial score (nSPS) is 25.3. The molecular weight excluding hydrogens is 388 g/mol. The number of imide groups is 2. The molecule has 0 unspecified atom stereocenters.